The van der Waals surface area contributed by atoms with Gasteiger partial charge in [-0.3, -0.25) is 0 Å². The van der Waals surface area contributed by atoms with Crippen LogP contribution in [0, 0.1) is 34.5 Å². The monoisotopic (exact) mass is 431 g/mol. The molecule has 0 N–H and O–H groups in total. The van der Waals surface area contributed by atoms with Crippen molar-refractivity contribution in [1.29, 1.82) is 0 Å². The molecule has 0 bridgehead atoms. The molecule has 31 heavy (non-hydrogen) atoms. The summed E-state index contributed by atoms with van der Waals surface area (Å²) >= 11 is 0. The summed E-state index contributed by atoms with van der Waals surface area (Å²) in [6, 6.07) is 0. The molecule has 8 atom stereocenters. The van der Waals surface area contributed by atoms with Gasteiger partial charge in [0.1, 0.15) is 6.10 Å². The molecule has 8 unspecified atom stereocenters. The van der Waals surface area contributed by atoms with Gasteiger partial charge in [0.2, 0.25) is 0 Å². The normalized spacial score (nSPS) is 45.7. The Labute approximate surface area is 189 Å². The van der Waals surface area contributed by atoms with E-state index < -0.39 is 0 Å². The van der Waals surface area contributed by atoms with Gasteiger partial charge in [-0.15, -0.1) is 0 Å². The Morgan fingerprint density at radius 3 is 2.45 bits per heavy atom. The average Bonchev–Trinajstić information content (AvgIpc) is 2.69. The first-order valence-electron chi connectivity index (χ1n) is 13.4. The lowest BCUT2D eigenvalue weighted by atomic mass is 9.45. The molecule has 3 saturated carbocycles. The van der Waals surface area contributed by atoms with Crippen LogP contribution in [0.5, 0.6) is 0 Å². The average molecular weight is 432 g/mol. The number of likely N-dealkylation sites (tertiary alicyclic amines) is 1. The van der Waals surface area contributed by atoms with Gasteiger partial charge in [0.25, 0.3) is 0 Å². The maximum Gasteiger partial charge on any atom is 0.410 e. The third-order valence-electron chi connectivity index (χ3n) is 10.3. The molecule has 5 fully saturated rings. The molecule has 0 aromatic heterocycles. The summed E-state index contributed by atoms with van der Waals surface area (Å²) in [6.45, 7) is 11.3. The molecule has 5 aliphatic rings. The Morgan fingerprint density at radius 2 is 1.74 bits per heavy atom. The van der Waals surface area contributed by atoms with Gasteiger partial charge in [-0.2, -0.15) is 0 Å². The van der Waals surface area contributed by atoms with Gasteiger partial charge in [0.15, 0.2) is 0 Å². The van der Waals surface area contributed by atoms with E-state index in [0.717, 1.165) is 37.8 Å². The number of rotatable bonds is 3. The highest BCUT2D eigenvalue weighted by atomic mass is 16.6. The minimum Gasteiger partial charge on any atom is -0.443 e. The molecule has 2 saturated heterocycles. The molecule has 0 radical (unpaired) electrons. The van der Waals surface area contributed by atoms with Crippen LogP contribution in [-0.4, -0.2) is 42.4 Å². The van der Waals surface area contributed by atoms with E-state index in [9.17, 15) is 4.79 Å². The molecule has 4 heteroatoms. The SMILES string of the molecule is CC(C)C(OC(=O)N1CCC1)C1CCC2CC3(C)CCC4(C)CCCCC4C3CC2O1. The number of fused-ring (bicyclic) bond motifs is 4. The number of carbonyl (C=O) groups excluding carboxylic acids is 1. The second-order valence-electron chi connectivity index (χ2n) is 12.7. The van der Waals surface area contributed by atoms with E-state index in [0.29, 0.717) is 22.9 Å². The minimum atomic E-state index is -0.128. The predicted molar refractivity (Wildman–Crippen MR) is 123 cm³/mol. The van der Waals surface area contributed by atoms with E-state index >= 15 is 0 Å². The highest BCUT2D eigenvalue weighted by Gasteiger charge is 2.57. The summed E-state index contributed by atoms with van der Waals surface area (Å²) in [6.07, 6.45) is 14.7. The summed E-state index contributed by atoms with van der Waals surface area (Å²) in [7, 11) is 0. The van der Waals surface area contributed by atoms with E-state index in [-0.39, 0.29) is 24.2 Å². The molecule has 3 aliphatic carbocycles. The summed E-state index contributed by atoms with van der Waals surface area (Å²) in [5.41, 5.74) is 1.08. The third kappa shape index (κ3) is 3.93. The predicted octanol–water partition coefficient (Wildman–Crippen LogP) is 6.42. The Kier molecular flexibility index (Phi) is 5.85. The van der Waals surface area contributed by atoms with E-state index in [2.05, 4.69) is 27.7 Å². The first-order chi connectivity index (χ1) is 14.8. The van der Waals surface area contributed by atoms with Gasteiger partial charge in [0, 0.05) is 13.1 Å². The summed E-state index contributed by atoms with van der Waals surface area (Å²) in [5.74, 6) is 2.68. The van der Waals surface area contributed by atoms with Crippen molar-refractivity contribution < 1.29 is 14.3 Å². The number of amides is 1. The highest BCUT2D eigenvalue weighted by molar-refractivity contribution is 5.68. The Balaban J connectivity index is 1.29. The molecular weight excluding hydrogens is 386 g/mol. The van der Waals surface area contributed by atoms with Gasteiger partial charge < -0.3 is 14.4 Å². The molecule has 2 heterocycles. The quantitative estimate of drug-likeness (QED) is 0.517. The molecular formula is C27H45NO3. The molecule has 5 rings (SSSR count). The van der Waals surface area contributed by atoms with Crippen LogP contribution in [0.2, 0.25) is 0 Å². The topological polar surface area (TPSA) is 38.8 Å². The van der Waals surface area contributed by atoms with Gasteiger partial charge in [-0.25, -0.2) is 4.79 Å². The maximum atomic E-state index is 12.5. The first-order valence-corrected chi connectivity index (χ1v) is 13.4. The smallest absolute Gasteiger partial charge is 0.410 e. The van der Waals surface area contributed by atoms with Gasteiger partial charge in [0.05, 0.1) is 12.2 Å². The number of hydrogen-bond acceptors (Lipinski definition) is 3. The van der Waals surface area contributed by atoms with Crippen molar-refractivity contribution in [2.75, 3.05) is 13.1 Å². The first kappa shape index (κ1) is 22.0. The Hall–Kier alpha value is -0.770. The van der Waals surface area contributed by atoms with Crippen LogP contribution in [0.1, 0.15) is 98.3 Å². The van der Waals surface area contributed by atoms with Crippen molar-refractivity contribution in [3.05, 3.63) is 0 Å². The van der Waals surface area contributed by atoms with Crippen LogP contribution in [0.3, 0.4) is 0 Å². The van der Waals surface area contributed by atoms with Crippen molar-refractivity contribution in [2.45, 2.75) is 117 Å². The van der Waals surface area contributed by atoms with Gasteiger partial charge in [-0.1, -0.05) is 40.5 Å². The van der Waals surface area contributed by atoms with Crippen LogP contribution in [0.4, 0.5) is 4.79 Å². The fourth-order valence-corrected chi connectivity index (χ4v) is 8.24. The van der Waals surface area contributed by atoms with E-state index in [1.54, 1.807) is 0 Å². The minimum absolute atomic E-state index is 0.0668. The molecule has 2 aliphatic heterocycles. The standard InChI is InChI=1S/C27H45NO3/c1-18(2)24(31-25(29)28-14-7-15-28)22-10-9-19-17-27(4)13-12-26(3)11-6-5-8-20(26)21(27)16-23(19)30-22/h18-24H,5-17H2,1-4H3. The zero-order chi connectivity index (χ0) is 21.8. The number of nitrogens with zero attached hydrogens (tertiary/aromatic N) is 1. The molecule has 0 spiro atoms. The fourth-order valence-electron chi connectivity index (χ4n) is 8.24. The Bertz CT molecular complexity index is 675. The molecule has 176 valence electrons. The fraction of sp³-hybridized carbons (Fsp3) is 0.963. The largest absolute Gasteiger partial charge is 0.443 e. The van der Waals surface area contributed by atoms with Gasteiger partial charge in [-0.05, 0) is 92.3 Å². The van der Waals surface area contributed by atoms with Crippen LogP contribution in [0.25, 0.3) is 0 Å². The summed E-state index contributed by atoms with van der Waals surface area (Å²) < 4.78 is 12.9. The second-order valence-corrected chi connectivity index (χ2v) is 12.7. The van der Waals surface area contributed by atoms with Crippen molar-refractivity contribution in [1.82, 2.24) is 4.90 Å². The Morgan fingerprint density at radius 1 is 0.968 bits per heavy atom. The number of hydrogen-bond donors (Lipinski definition) is 0. The lowest BCUT2D eigenvalue weighted by molar-refractivity contribution is -0.197. The zero-order valence-corrected chi connectivity index (χ0v) is 20.4. The lowest BCUT2D eigenvalue weighted by Gasteiger charge is -2.62. The van der Waals surface area contributed by atoms with E-state index in [1.807, 2.05) is 4.90 Å². The molecule has 1 amide bonds. The number of carbonyl (C=O) groups is 1. The molecule has 0 aromatic rings. The van der Waals surface area contributed by atoms with Crippen LogP contribution in [-0.2, 0) is 9.47 Å². The van der Waals surface area contributed by atoms with E-state index in [1.165, 1.54) is 57.8 Å². The van der Waals surface area contributed by atoms with Crippen LogP contribution >= 0.6 is 0 Å². The van der Waals surface area contributed by atoms with Crippen LogP contribution in [0.15, 0.2) is 0 Å². The van der Waals surface area contributed by atoms with Crippen molar-refractivity contribution >= 4 is 6.09 Å². The second kappa shape index (κ2) is 8.22. The molecule has 0 aromatic carbocycles. The molecule has 4 nitrogen and oxygen atoms in total. The number of ether oxygens (including phenoxy) is 2. The van der Waals surface area contributed by atoms with Crippen LogP contribution < -0.4 is 0 Å². The van der Waals surface area contributed by atoms with Crippen molar-refractivity contribution in [3.63, 3.8) is 0 Å². The third-order valence-corrected chi connectivity index (χ3v) is 10.3. The van der Waals surface area contributed by atoms with Crippen molar-refractivity contribution in [2.24, 2.45) is 34.5 Å². The van der Waals surface area contributed by atoms with E-state index in [4.69, 9.17) is 9.47 Å². The van der Waals surface area contributed by atoms with Gasteiger partial charge >= 0.3 is 6.09 Å². The maximum absolute atomic E-state index is 12.5. The summed E-state index contributed by atoms with van der Waals surface area (Å²) in [5, 5.41) is 0. The highest BCUT2D eigenvalue weighted by Crippen LogP contribution is 2.64. The summed E-state index contributed by atoms with van der Waals surface area (Å²) in [4.78, 5) is 14.4. The van der Waals surface area contributed by atoms with Crippen molar-refractivity contribution in [3.8, 4) is 0 Å². The zero-order valence-electron chi connectivity index (χ0n) is 20.4. The lowest BCUT2D eigenvalue weighted by Crippen LogP contribution is -2.56.